The SMILES string of the molecule is CCC(C)(Cn1cc(C[N-]C(N)N)nn1)CC(C)(C)COC(=O)CC[C@H](NC(C)(C)C)C(=O)C(C)(C)C. The largest absolute Gasteiger partial charge is 0.630 e. The number of Topliss-reactive ketones (excluding diaryl/α,β-unsaturated/α-hetero) is 1. The summed E-state index contributed by atoms with van der Waals surface area (Å²) in [6.45, 7) is 21.7. The molecule has 0 aliphatic rings. The lowest BCUT2D eigenvalue weighted by molar-refractivity contribution is -0.148. The van der Waals surface area contributed by atoms with Crippen molar-refractivity contribution in [2.45, 2.75) is 126 Å². The molecule has 37 heavy (non-hydrogen) atoms. The molecule has 1 unspecified atom stereocenters. The van der Waals surface area contributed by atoms with Gasteiger partial charge in [0.05, 0.1) is 18.3 Å². The molecule has 10 heteroatoms. The van der Waals surface area contributed by atoms with Gasteiger partial charge >= 0.3 is 5.97 Å². The Kier molecular flexibility index (Phi) is 11.9. The van der Waals surface area contributed by atoms with Crippen LogP contribution < -0.4 is 16.8 Å². The molecule has 5 N–H and O–H groups in total. The Morgan fingerprint density at radius 2 is 1.73 bits per heavy atom. The van der Waals surface area contributed by atoms with Crippen LogP contribution in [0.25, 0.3) is 5.32 Å². The number of rotatable bonds is 15. The van der Waals surface area contributed by atoms with E-state index in [-0.39, 0.29) is 34.5 Å². The van der Waals surface area contributed by atoms with E-state index in [0.29, 0.717) is 26.1 Å². The molecule has 0 bridgehead atoms. The van der Waals surface area contributed by atoms with Gasteiger partial charge in [0.2, 0.25) is 0 Å². The smallest absolute Gasteiger partial charge is 0.305 e. The van der Waals surface area contributed by atoms with Crippen LogP contribution in [0, 0.1) is 16.2 Å². The van der Waals surface area contributed by atoms with Gasteiger partial charge in [0.1, 0.15) is 0 Å². The summed E-state index contributed by atoms with van der Waals surface area (Å²) in [6, 6.07) is -0.398. The Hall–Kier alpha value is -1.88. The maximum Gasteiger partial charge on any atom is 0.305 e. The highest BCUT2D eigenvalue weighted by Crippen LogP contribution is 2.38. The van der Waals surface area contributed by atoms with Gasteiger partial charge in [-0.15, -0.1) is 5.10 Å². The molecule has 1 aromatic rings. The van der Waals surface area contributed by atoms with Crippen LogP contribution in [0.15, 0.2) is 6.20 Å². The zero-order valence-electron chi connectivity index (χ0n) is 24.9. The van der Waals surface area contributed by atoms with Crippen LogP contribution in [-0.2, 0) is 27.4 Å². The molecule has 0 radical (unpaired) electrons. The molecular formula is C27H52N7O3-. The molecule has 10 nitrogen and oxygen atoms in total. The topological polar surface area (TPSA) is 152 Å². The lowest BCUT2D eigenvalue weighted by atomic mass is 9.72. The summed E-state index contributed by atoms with van der Waals surface area (Å²) in [4.78, 5) is 25.6. The molecule has 1 aromatic heterocycles. The molecular weight excluding hydrogens is 470 g/mol. The minimum absolute atomic E-state index is 0.0802. The van der Waals surface area contributed by atoms with Gasteiger partial charge in [0.15, 0.2) is 5.78 Å². The van der Waals surface area contributed by atoms with E-state index < -0.39 is 17.7 Å². The number of carbonyl (C=O) groups excluding carboxylic acids is 2. The second kappa shape index (κ2) is 13.3. The molecule has 0 aliphatic heterocycles. The van der Waals surface area contributed by atoms with Crippen LogP contribution in [0.2, 0.25) is 0 Å². The summed E-state index contributed by atoms with van der Waals surface area (Å²) in [7, 11) is 0. The summed E-state index contributed by atoms with van der Waals surface area (Å²) < 4.78 is 7.53. The fourth-order valence-corrected chi connectivity index (χ4v) is 4.50. The third-order valence-electron chi connectivity index (χ3n) is 6.28. The first kappa shape index (κ1) is 33.1. The number of esters is 1. The predicted octanol–water partition coefficient (Wildman–Crippen LogP) is 3.88. The fourth-order valence-electron chi connectivity index (χ4n) is 4.50. The van der Waals surface area contributed by atoms with Gasteiger partial charge in [0, 0.05) is 30.1 Å². The van der Waals surface area contributed by atoms with Gasteiger partial charge in [-0.05, 0) is 57.2 Å². The van der Waals surface area contributed by atoms with Crippen molar-refractivity contribution in [3.8, 4) is 0 Å². The van der Waals surface area contributed by atoms with Crippen molar-refractivity contribution >= 4 is 11.8 Å². The summed E-state index contributed by atoms with van der Waals surface area (Å²) in [5.74, 6) is -0.179. The number of nitrogens with one attached hydrogen (secondary N) is 1. The van der Waals surface area contributed by atoms with E-state index in [9.17, 15) is 9.59 Å². The van der Waals surface area contributed by atoms with Gasteiger partial charge in [0.25, 0.3) is 0 Å². The van der Waals surface area contributed by atoms with Crippen molar-refractivity contribution in [1.82, 2.24) is 20.3 Å². The second-order valence-electron chi connectivity index (χ2n) is 13.5. The van der Waals surface area contributed by atoms with Crippen molar-refractivity contribution in [3.63, 3.8) is 0 Å². The minimum atomic E-state index is -0.728. The third-order valence-corrected chi connectivity index (χ3v) is 6.28. The first-order chi connectivity index (χ1) is 16.8. The number of nitrogens with two attached hydrogens (primary N) is 2. The maximum atomic E-state index is 12.9. The van der Waals surface area contributed by atoms with E-state index in [1.807, 2.05) is 52.4 Å². The van der Waals surface area contributed by atoms with E-state index in [0.717, 1.165) is 18.5 Å². The predicted molar refractivity (Wildman–Crippen MR) is 147 cm³/mol. The molecule has 214 valence electrons. The molecule has 0 amide bonds. The van der Waals surface area contributed by atoms with Crippen LogP contribution >= 0.6 is 0 Å². The average molecular weight is 523 g/mol. The summed E-state index contributed by atoms with van der Waals surface area (Å²) >= 11 is 0. The molecule has 0 fully saturated rings. The number of ether oxygens (including phenoxy) is 1. The normalized spacial score (nSPS) is 15.5. The minimum Gasteiger partial charge on any atom is -0.630 e. The summed E-state index contributed by atoms with van der Waals surface area (Å²) in [6.07, 6.45) is 3.49. The number of ketones is 1. The van der Waals surface area contributed by atoms with E-state index in [4.69, 9.17) is 16.2 Å². The van der Waals surface area contributed by atoms with Gasteiger partial charge in [-0.1, -0.05) is 60.2 Å². The Bertz CT molecular complexity index is 868. The van der Waals surface area contributed by atoms with Crippen LogP contribution in [0.5, 0.6) is 0 Å². The Morgan fingerprint density at radius 1 is 1.11 bits per heavy atom. The molecule has 0 saturated heterocycles. The first-order valence-corrected chi connectivity index (χ1v) is 13.3. The van der Waals surface area contributed by atoms with Gasteiger partial charge in [-0.3, -0.25) is 14.3 Å². The molecule has 2 atom stereocenters. The Balaban J connectivity index is 2.69. The zero-order chi connectivity index (χ0) is 28.7. The van der Waals surface area contributed by atoms with Crippen molar-refractivity contribution in [3.05, 3.63) is 17.2 Å². The zero-order valence-corrected chi connectivity index (χ0v) is 24.9. The van der Waals surface area contributed by atoms with Gasteiger partial charge < -0.3 is 26.8 Å². The van der Waals surface area contributed by atoms with Crippen molar-refractivity contribution < 1.29 is 14.3 Å². The number of hydrogen-bond acceptors (Lipinski definition) is 8. The standard InChI is InChI=1S/C27H52N7O3/c1-11-27(10,17-34-15-19(32-33-34)14-30-23(28)29)16-26(8,9)18-37-21(35)13-12-20(31-25(5,6)7)22(36)24(2,3)4/h15,20,23,31H,11-14,16-18,28-29H2,1-10H3/q-1/t20-,27?/m0/s1. The second-order valence-corrected chi connectivity index (χ2v) is 13.5. The molecule has 1 rings (SSSR count). The van der Waals surface area contributed by atoms with E-state index in [1.165, 1.54) is 0 Å². The van der Waals surface area contributed by atoms with Gasteiger partial charge in [-0.2, -0.15) is 0 Å². The maximum absolute atomic E-state index is 12.9. The molecule has 0 aromatic carbocycles. The van der Waals surface area contributed by atoms with Crippen LogP contribution in [0.4, 0.5) is 0 Å². The van der Waals surface area contributed by atoms with E-state index in [2.05, 4.69) is 48.6 Å². The average Bonchev–Trinajstić information content (AvgIpc) is 3.18. The van der Waals surface area contributed by atoms with E-state index >= 15 is 0 Å². The highest BCUT2D eigenvalue weighted by atomic mass is 16.5. The van der Waals surface area contributed by atoms with E-state index in [1.54, 1.807) is 0 Å². The van der Waals surface area contributed by atoms with Gasteiger partial charge in [-0.25, -0.2) is 0 Å². The van der Waals surface area contributed by atoms with Crippen molar-refractivity contribution in [2.75, 3.05) is 6.61 Å². The third kappa shape index (κ3) is 13.0. The first-order valence-electron chi connectivity index (χ1n) is 13.3. The van der Waals surface area contributed by atoms with Crippen LogP contribution in [0.3, 0.4) is 0 Å². The molecule has 0 aliphatic carbocycles. The molecule has 0 saturated carbocycles. The number of hydrogen-bond donors (Lipinski definition) is 3. The van der Waals surface area contributed by atoms with Crippen molar-refractivity contribution in [1.29, 1.82) is 0 Å². The monoisotopic (exact) mass is 522 g/mol. The lowest BCUT2D eigenvalue weighted by Gasteiger charge is -2.36. The molecule has 1 heterocycles. The van der Waals surface area contributed by atoms with Crippen LogP contribution in [-0.4, -0.2) is 51.2 Å². The number of nitrogens with zero attached hydrogens (tertiary/aromatic N) is 4. The Morgan fingerprint density at radius 3 is 2.24 bits per heavy atom. The number of aromatic nitrogens is 3. The highest BCUT2D eigenvalue weighted by Gasteiger charge is 2.34. The fraction of sp³-hybridized carbons (Fsp3) is 0.852. The van der Waals surface area contributed by atoms with Crippen molar-refractivity contribution in [2.24, 2.45) is 27.7 Å². The Labute approximate surface area is 224 Å². The summed E-state index contributed by atoms with van der Waals surface area (Å²) in [5.41, 5.74) is 10.6. The highest BCUT2D eigenvalue weighted by molar-refractivity contribution is 5.89. The summed E-state index contributed by atoms with van der Waals surface area (Å²) in [5, 5.41) is 15.8. The quantitative estimate of drug-likeness (QED) is 0.232. The number of carbonyl (C=O) groups is 2. The van der Waals surface area contributed by atoms with Crippen LogP contribution in [0.1, 0.15) is 101 Å². The molecule has 0 spiro atoms. The lowest BCUT2D eigenvalue weighted by Crippen LogP contribution is -2.51.